The zero-order valence-corrected chi connectivity index (χ0v) is 14.1. The topological polar surface area (TPSA) is 42.4 Å². The number of nitrogens with zero attached hydrogens (tertiary/aromatic N) is 2. The molecule has 4 nitrogen and oxygen atoms in total. The number of benzene rings is 1. The third kappa shape index (κ3) is 3.12. The van der Waals surface area contributed by atoms with Crippen molar-refractivity contribution in [3.05, 3.63) is 29.3 Å². The van der Waals surface area contributed by atoms with E-state index >= 15 is 0 Å². The Bertz CT molecular complexity index is 660. The van der Waals surface area contributed by atoms with Crippen molar-refractivity contribution >= 4 is 27.5 Å². The average Bonchev–Trinajstić information content (AvgIpc) is 3.31. The van der Waals surface area contributed by atoms with Gasteiger partial charge in [0.25, 0.3) is 0 Å². The lowest BCUT2D eigenvalue weighted by Crippen LogP contribution is -2.34. The fourth-order valence-electron chi connectivity index (χ4n) is 3.68. The van der Waals surface area contributed by atoms with E-state index in [1.54, 1.807) is 11.3 Å². The molecule has 2 fully saturated rings. The minimum Gasteiger partial charge on any atom is -0.368 e. The molecule has 0 bridgehead atoms. The Morgan fingerprint density at radius 3 is 2.87 bits per heavy atom. The van der Waals surface area contributed by atoms with Crippen LogP contribution in [0.15, 0.2) is 24.3 Å². The SMILES string of the molecule is O=C(COC1CCCC1)N1CCC[C@H]1c1nc2ccccc2s1. The summed E-state index contributed by atoms with van der Waals surface area (Å²) in [5.74, 6) is 0.124. The number of amides is 1. The van der Waals surface area contributed by atoms with Gasteiger partial charge in [-0.15, -0.1) is 11.3 Å². The third-order valence-corrected chi connectivity index (χ3v) is 6.05. The highest BCUT2D eigenvalue weighted by Gasteiger charge is 2.32. The first-order chi connectivity index (χ1) is 11.3. The highest BCUT2D eigenvalue weighted by molar-refractivity contribution is 7.18. The molecule has 0 N–H and O–H groups in total. The Kier molecular flexibility index (Phi) is 4.31. The number of fused-ring (bicyclic) bond motifs is 1. The second kappa shape index (κ2) is 6.57. The van der Waals surface area contributed by atoms with Gasteiger partial charge >= 0.3 is 0 Å². The molecule has 1 saturated carbocycles. The molecule has 1 atom stereocenters. The van der Waals surface area contributed by atoms with Crippen LogP contribution in [-0.2, 0) is 9.53 Å². The maximum Gasteiger partial charge on any atom is 0.249 e. The molecule has 2 aromatic rings. The Labute approximate surface area is 140 Å². The van der Waals surface area contributed by atoms with Gasteiger partial charge in [-0.1, -0.05) is 25.0 Å². The monoisotopic (exact) mass is 330 g/mol. The number of rotatable bonds is 4. The minimum absolute atomic E-state index is 0.124. The molecule has 122 valence electrons. The van der Waals surface area contributed by atoms with Gasteiger partial charge in [0, 0.05) is 6.54 Å². The molecule has 5 heteroatoms. The van der Waals surface area contributed by atoms with Crippen molar-refractivity contribution in [1.29, 1.82) is 0 Å². The molecule has 23 heavy (non-hydrogen) atoms. The first-order valence-electron chi connectivity index (χ1n) is 8.58. The highest BCUT2D eigenvalue weighted by atomic mass is 32.1. The molecule has 1 aliphatic heterocycles. The van der Waals surface area contributed by atoms with Crippen molar-refractivity contribution in [1.82, 2.24) is 9.88 Å². The van der Waals surface area contributed by atoms with Crippen LogP contribution >= 0.6 is 11.3 Å². The van der Waals surface area contributed by atoms with Gasteiger partial charge in [0.05, 0.1) is 22.4 Å². The van der Waals surface area contributed by atoms with Crippen LogP contribution in [0.4, 0.5) is 0 Å². The van der Waals surface area contributed by atoms with E-state index in [-0.39, 0.29) is 18.6 Å². The number of ether oxygens (including phenoxy) is 1. The zero-order chi connectivity index (χ0) is 15.6. The first kappa shape index (κ1) is 15.1. The molecule has 0 spiro atoms. The summed E-state index contributed by atoms with van der Waals surface area (Å²) in [6, 6.07) is 8.32. The summed E-state index contributed by atoms with van der Waals surface area (Å²) in [5.41, 5.74) is 1.04. The standard InChI is InChI=1S/C18H22N2O2S/c21-17(12-22-13-6-1-2-7-13)20-11-5-9-15(20)18-19-14-8-3-4-10-16(14)23-18/h3-4,8,10,13,15H,1-2,5-7,9,11-12H2/t15-/m0/s1. The van der Waals surface area contributed by atoms with Crippen molar-refractivity contribution in [2.24, 2.45) is 0 Å². The van der Waals surface area contributed by atoms with Gasteiger partial charge in [0.15, 0.2) is 0 Å². The largest absolute Gasteiger partial charge is 0.368 e. The highest BCUT2D eigenvalue weighted by Crippen LogP contribution is 2.36. The molecule has 4 rings (SSSR count). The Morgan fingerprint density at radius 1 is 1.22 bits per heavy atom. The van der Waals surface area contributed by atoms with Crippen LogP contribution in [0.2, 0.25) is 0 Å². The molecule has 2 aliphatic rings. The molecule has 1 aromatic heterocycles. The molecular weight excluding hydrogens is 308 g/mol. The van der Waals surface area contributed by atoms with Crippen molar-refractivity contribution in [3.8, 4) is 0 Å². The number of para-hydroxylation sites is 1. The second-order valence-corrected chi connectivity index (χ2v) is 7.54. The van der Waals surface area contributed by atoms with Gasteiger partial charge in [-0.2, -0.15) is 0 Å². The van der Waals surface area contributed by atoms with Crippen LogP contribution in [0.1, 0.15) is 49.6 Å². The van der Waals surface area contributed by atoms with Gasteiger partial charge in [0.2, 0.25) is 5.91 Å². The normalized spacial score (nSPS) is 22.3. The molecule has 0 radical (unpaired) electrons. The van der Waals surface area contributed by atoms with Crippen molar-refractivity contribution in [2.75, 3.05) is 13.2 Å². The van der Waals surface area contributed by atoms with Gasteiger partial charge in [-0.25, -0.2) is 4.98 Å². The molecule has 1 aromatic carbocycles. The van der Waals surface area contributed by atoms with Crippen LogP contribution < -0.4 is 0 Å². The quantitative estimate of drug-likeness (QED) is 0.853. The van der Waals surface area contributed by atoms with Crippen molar-refractivity contribution in [3.63, 3.8) is 0 Å². The van der Waals surface area contributed by atoms with Crippen LogP contribution in [-0.4, -0.2) is 35.0 Å². The predicted octanol–water partition coefficient (Wildman–Crippen LogP) is 3.92. The Morgan fingerprint density at radius 2 is 2.04 bits per heavy atom. The van der Waals surface area contributed by atoms with E-state index in [1.165, 1.54) is 17.5 Å². The maximum atomic E-state index is 12.6. The lowest BCUT2D eigenvalue weighted by atomic mass is 10.2. The fraction of sp³-hybridized carbons (Fsp3) is 0.556. The van der Waals surface area contributed by atoms with E-state index in [1.807, 2.05) is 23.1 Å². The summed E-state index contributed by atoms with van der Waals surface area (Å²) in [6.45, 7) is 1.06. The predicted molar refractivity (Wildman–Crippen MR) is 91.5 cm³/mol. The van der Waals surface area contributed by atoms with Gasteiger partial charge in [0.1, 0.15) is 11.6 Å². The van der Waals surface area contributed by atoms with Crippen molar-refractivity contribution < 1.29 is 9.53 Å². The smallest absolute Gasteiger partial charge is 0.249 e. The van der Waals surface area contributed by atoms with Gasteiger partial charge in [-0.3, -0.25) is 4.79 Å². The molecule has 1 aliphatic carbocycles. The lowest BCUT2D eigenvalue weighted by Gasteiger charge is -2.23. The molecule has 1 amide bonds. The van der Waals surface area contributed by atoms with Crippen LogP contribution in [0.3, 0.4) is 0 Å². The second-order valence-electron chi connectivity index (χ2n) is 6.48. The number of carbonyl (C=O) groups is 1. The minimum atomic E-state index is 0.124. The van der Waals surface area contributed by atoms with Crippen LogP contribution in [0, 0.1) is 0 Å². The first-order valence-corrected chi connectivity index (χ1v) is 9.39. The van der Waals surface area contributed by atoms with Crippen LogP contribution in [0.5, 0.6) is 0 Å². The molecule has 2 heterocycles. The summed E-state index contributed by atoms with van der Waals surface area (Å²) in [7, 11) is 0. The third-order valence-electron chi connectivity index (χ3n) is 4.91. The zero-order valence-electron chi connectivity index (χ0n) is 13.2. The summed E-state index contributed by atoms with van der Waals surface area (Å²) >= 11 is 1.71. The van der Waals surface area contributed by atoms with E-state index < -0.39 is 0 Å². The number of hydrogen-bond donors (Lipinski definition) is 0. The fourth-order valence-corrected chi connectivity index (χ4v) is 4.80. The van der Waals surface area contributed by atoms with Gasteiger partial charge < -0.3 is 9.64 Å². The van der Waals surface area contributed by atoms with E-state index in [0.29, 0.717) is 6.10 Å². The molecule has 0 unspecified atom stereocenters. The van der Waals surface area contributed by atoms with Crippen molar-refractivity contribution in [2.45, 2.75) is 50.7 Å². The molecule has 1 saturated heterocycles. The number of likely N-dealkylation sites (tertiary alicyclic amines) is 1. The number of thiazole rings is 1. The van der Waals surface area contributed by atoms with Crippen LogP contribution in [0.25, 0.3) is 10.2 Å². The Balaban J connectivity index is 1.46. The van der Waals surface area contributed by atoms with Gasteiger partial charge in [-0.05, 0) is 37.8 Å². The molecular formula is C18H22N2O2S. The summed E-state index contributed by atoms with van der Waals surface area (Å²) in [5, 5.41) is 1.07. The summed E-state index contributed by atoms with van der Waals surface area (Å²) in [6.07, 6.45) is 7.03. The number of carbonyl (C=O) groups excluding carboxylic acids is 1. The maximum absolute atomic E-state index is 12.6. The number of aromatic nitrogens is 1. The Hall–Kier alpha value is -1.46. The average molecular weight is 330 g/mol. The van der Waals surface area contributed by atoms with E-state index in [9.17, 15) is 4.79 Å². The van der Waals surface area contributed by atoms with E-state index in [2.05, 4.69) is 6.07 Å². The van der Waals surface area contributed by atoms with E-state index in [0.717, 1.165) is 42.8 Å². The lowest BCUT2D eigenvalue weighted by molar-refractivity contribution is -0.139. The summed E-state index contributed by atoms with van der Waals surface area (Å²) in [4.78, 5) is 19.3. The van der Waals surface area contributed by atoms with E-state index in [4.69, 9.17) is 9.72 Å². The summed E-state index contributed by atoms with van der Waals surface area (Å²) < 4.78 is 7.01. The number of hydrogen-bond acceptors (Lipinski definition) is 4.